The van der Waals surface area contributed by atoms with Crippen LogP contribution in [0.3, 0.4) is 0 Å². The first-order valence-electron chi connectivity index (χ1n) is 8.77. The number of urea groups is 1. The lowest BCUT2D eigenvalue weighted by atomic mass is 10.1. The predicted octanol–water partition coefficient (Wildman–Crippen LogP) is 2.14. The molecule has 2 aromatic rings. The second kappa shape index (κ2) is 8.15. The van der Waals surface area contributed by atoms with Crippen molar-refractivity contribution in [3.05, 3.63) is 23.5 Å². The molecule has 9 heteroatoms. The first-order valence-corrected chi connectivity index (χ1v) is 8.77. The highest BCUT2D eigenvalue weighted by molar-refractivity contribution is 6.04. The molecule has 0 bridgehead atoms. The molecule has 0 radical (unpaired) electrons. The number of hydrogen-bond donors (Lipinski definition) is 2. The van der Waals surface area contributed by atoms with E-state index in [0.717, 1.165) is 5.69 Å². The van der Waals surface area contributed by atoms with Crippen LogP contribution in [-0.2, 0) is 9.53 Å². The Morgan fingerprint density at radius 1 is 1.15 bits per heavy atom. The van der Waals surface area contributed by atoms with Crippen LogP contribution >= 0.6 is 0 Å². The first-order chi connectivity index (χ1) is 12.6. The van der Waals surface area contributed by atoms with Crippen molar-refractivity contribution in [1.82, 2.24) is 25.4 Å². The minimum atomic E-state index is -1.14. The van der Waals surface area contributed by atoms with Gasteiger partial charge in [0.05, 0.1) is 17.1 Å². The second-order valence-electron chi connectivity index (χ2n) is 6.79. The van der Waals surface area contributed by atoms with Gasteiger partial charge in [0.2, 0.25) is 0 Å². The fourth-order valence-electron chi connectivity index (χ4n) is 2.43. The zero-order valence-electron chi connectivity index (χ0n) is 16.4. The Kier molecular flexibility index (Phi) is 6.14. The van der Waals surface area contributed by atoms with E-state index in [2.05, 4.69) is 20.7 Å². The maximum absolute atomic E-state index is 12.7. The largest absolute Gasteiger partial charge is 0.449 e. The summed E-state index contributed by atoms with van der Waals surface area (Å²) in [4.78, 5) is 40.5. The van der Waals surface area contributed by atoms with Gasteiger partial charge < -0.3 is 10.1 Å². The van der Waals surface area contributed by atoms with Gasteiger partial charge in [0.15, 0.2) is 11.8 Å². The van der Waals surface area contributed by atoms with Crippen molar-refractivity contribution in [2.45, 2.75) is 52.7 Å². The zero-order valence-corrected chi connectivity index (χ0v) is 16.4. The molecule has 1 atom stereocenters. The van der Waals surface area contributed by atoms with Crippen LogP contribution in [0.5, 0.6) is 0 Å². The lowest BCUT2D eigenvalue weighted by Gasteiger charge is -2.15. The van der Waals surface area contributed by atoms with Crippen molar-refractivity contribution in [3.8, 4) is 0 Å². The molecule has 2 N–H and O–H groups in total. The molecular formula is C18H25N5O4. The van der Waals surface area contributed by atoms with E-state index < -0.39 is 24.0 Å². The number of esters is 1. The molecule has 0 fully saturated rings. The van der Waals surface area contributed by atoms with E-state index in [1.807, 2.05) is 27.7 Å². The van der Waals surface area contributed by atoms with Crippen molar-refractivity contribution in [3.63, 3.8) is 0 Å². The number of imide groups is 1. The highest BCUT2D eigenvalue weighted by atomic mass is 16.5. The normalized spacial score (nSPS) is 12.3. The molecule has 0 aromatic carbocycles. The molecule has 2 rings (SSSR count). The van der Waals surface area contributed by atoms with Gasteiger partial charge in [0.25, 0.3) is 5.91 Å². The molecular weight excluding hydrogens is 350 g/mol. The van der Waals surface area contributed by atoms with Crippen LogP contribution in [0.15, 0.2) is 12.3 Å². The third kappa shape index (κ3) is 4.42. The summed E-state index contributed by atoms with van der Waals surface area (Å²) in [5, 5.41) is 9.21. The number of carbonyl (C=O) groups excluding carboxylic acids is 3. The molecule has 0 unspecified atom stereocenters. The van der Waals surface area contributed by atoms with Crippen LogP contribution in [-0.4, -0.2) is 45.8 Å². The Bertz CT molecular complexity index is 872. The fourth-order valence-corrected chi connectivity index (χ4v) is 2.43. The van der Waals surface area contributed by atoms with E-state index in [9.17, 15) is 14.4 Å². The third-order valence-electron chi connectivity index (χ3n) is 4.00. The van der Waals surface area contributed by atoms with Crippen LogP contribution in [0.2, 0.25) is 0 Å². The Labute approximate surface area is 157 Å². The van der Waals surface area contributed by atoms with Gasteiger partial charge in [-0.05, 0) is 32.8 Å². The van der Waals surface area contributed by atoms with Gasteiger partial charge in [0, 0.05) is 18.8 Å². The standard InChI is InChI=1S/C18H25N5O4/c1-9(2)14-7-12(13-8-20-23(10(3)4)15(13)21-14)17(25)27-11(5)16(24)22-18(26)19-6/h7-11H,1-6H3,(H2,19,22,24,26)/t11-/m0/s1. The number of amides is 3. The summed E-state index contributed by atoms with van der Waals surface area (Å²) in [6, 6.07) is 1.05. The van der Waals surface area contributed by atoms with Gasteiger partial charge in [0.1, 0.15) is 0 Å². The molecule has 3 amide bonds. The van der Waals surface area contributed by atoms with Crippen LogP contribution < -0.4 is 10.6 Å². The van der Waals surface area contributed by atoms with Crippen LogP contribution in [0, 0.1) is 0 Å². The molecule has 0 aliphatic rings. The average Bonchev–Trinajstić information content (AvgIpc) is 3.04. The van der Waals surface area contributed by atoms with Crippen molar-refractivity contribution in [2.75, 3.05) is 7.05 Å². The quantitative estimate of drug-likeness (QED) is 0.774. The van der Waals surface area contributed by atoms with Gasteiger partial charge in [-0.15, -0.1) is 0 Å². The Balaban J connectivity index is 2.37. The molecule has 0 saturated carbocycles. The molecule has 2 aromatic heterocycles. The van der Waals surface area contributed by atoms with E-state index in [1.54, 1.807) is 16.9 Å². The average molecular weight is 375 g/mol. The Morgan fingerprint density at radius 3 is 2.37 bits per heavy atom. The van der Waals surface area contributed by atoms with Gasteiger partial charge in [-0.3, -0.25) is 10.1 Å². The smallest absolute Gasteiger partial charge is 0.339 e. The van der Waals surface area contributed by atoms with Crippen molar-refractivity contribution in [2.24, 2.45) is 0 Å². The van der Waals surface area contributed by atoms with Crippen LogP contribution in [0.4, 0.5) is 4.79 Å². The third-order valence-corrected chi connectivity index (χ3v) is 4.00. The summed E-state index contributed by atoms with van der Waals surface area (Å²) in [5.41, 5.74) is 1.60. The summed E-state index contributed by atoms with van der Waals surface area (Å²) in [5.74, 6) is -1.30. The summed E-state index contributed by atoms with van der Waals surface area (Å²) < 4.78 is 7.00. The number of nitrogens with zero attached hydrogens (tertiary/aromatic N) is 3. The summed E-state index contributed by atoms with van der Waals surface area (Å²) in [6.07, 6.45) is 0.429. The molecule has 0 aliphatic carbocycles. The maximum atomic E-state index is 12.7. The number of nitrogens with one attached hydrogen (secondary N) is 2. The Hall–Kier alpha value is -2.97. The highest BCUT2D eigenvalue weighted by Gasteiger charge is 2.24. The van der Waals surface area contributed by atoms with Gasteiger partial charge in [-0.2, -0.15) is 5.10 Å². The number of ether oxygens (including phenoxy) is 1. The van der Waals surface area contributed by atoms with Crippen molar-refractivity contribution < 1.29 is 19.1 Å². The minimum Gasteiger partial charge on any atom is -0.449 e. The molecule has 146 valence electrons. The number of hydrogen-bond acceptors (Lipinski definition) is 6. The monoisotopic (exact) mass is 375 g/mol. The first kappa shape index (κ1) is 20.3. The molecule has 0 aliphatic heterocycles. The van der Waals surface area contributed by atoms with E-state index in [1.165, 1.54) is 14.0 Å². The van der Waals surface area contributed by atoms with Crippen LogP contribution in [0.1, 0.15) is 62.6 Å². The topological polar surface area (TPSA) is 115 Å². The number of rotatable bonds is 5. The van der Waals surface area contributed by atoms with Crippen LogP contribution in [0.25, 0.3) is 11.0 Å². The predicted molar refractivity (Wildman–Crippen MR) is 99.5 cm³/mol. The van der Waals surface area contributed by atoms with Gasteiger partial charge in [-0.1, -0.05) is 13.8 Å². The summed E-state index contributed by atoms with van der Waals surface area (Å²) in [6.45, 7) is 9.28. The van der Waals surface area contributed by atoms with Gasteiger partial charge in [-0.25, -0.2) is 19.3 Å². The molecule has 0 saturated heterocycles. The van der Waals surface area contributed by atoms with Crippen molar-refractivity contribution >= 4 is 28.9 Å². The zero-order chi connectivity index (χ0) is 20.3. The maximum Gasteiger partial charge on any atom is 0.339 e. The van der Waals surface area contributed by atoms with E-state index in [-0.39, 0.29) is 17.5 Å². The molecule has 27 heavy (non-hydrogen) atoms. The Morgan fingerprint density at radius 2 is 1.81 bits per heavy atom. The highest BCUT2D eigenvalue weighted by Crippen LogP contribution is 2.25. The minimum absolute atomic E-state index is 0.0681. The molecule has 0 spiro atoms. The lowest BCUT2D eigenvalue weighted by Crippen LogP contribution is -2.43. The number of aromatic nitrogens is 3. The van der Waals surface area contributed by atoms with E-state index in [0.29, 0.717) is 11.0 Å². The SMILES string of the molecule is CNC(=O)NC(=O)[C@H](C)OC(=O)c1cc(C(C)C)nc2c1cnn2C(C)C. The van der Waals surface area contributed by atoms with Gasteiger partial charge >= 0.3 is 12.0 Å². The van der Waals surface area contributed by atoms with Crippen molar-refractivity contribution in [1.29, 1.82) is 0 Å². The van der Waals surface area contributed by atoms with E-state index in [4.69, 9.17) is 4.74 Å². The summed E-state index contributed by atoms with van der Waals surface area (Å²) in [7, 11) is 1.38. The second-order valence-corrected chi connectivity index (χ2v) is 6.79. The number of fused-ring (bicyclic) bond motifs is 1. The number of carbonyl (C=O) groups is 3. The molecule has 9 nitrogen and oxygen atoms in total. The summed E-state index contributed by atoms with van der Waals surface area (Å²) >= 11 is 0. The fraction of sp³-hybridized carbons (Fsp3) is 0.500. The molecule has 2 heterocycles. The number of pyridine rings is 1. The lowest BCUT2D eigenvalue weighted by molar-refractivity contribution is -0.127. The van der Waals surface area contributed by atoms with E-state index >= 15 is 0 Å².